The van der Waals surface area contributed by atoms with Gasteiger partial charge >= 0.3 is 7.12 Å². The van der Waals surface area contributed by atoms with Gasteiger partial charge in [0.2, 0.25) is 0 Å². The molecule has 2 rings (SSSR count). The van der Waals surface area contributed by atoms with Gasteiger partial charge in [-0.1, -0.05) is 24.3 Å². The molecule has 1 heterocycles. The SMILES string of the molecule is O=C(NCc1cccc(B(O)O)c1)c1ccco1. The van der Waals surface area contributed by atoms with Crippen molar-refractivity contribution in [2.45, 2.75) is 6.54 Å². The van der Waals surface area contributed by atoms with Crippen LogP contribution in [-0.2, 0) is 6.54 Å². The van der Waals surface area contributed by atoms with E-state index in [4.69, 9.17) is 14.5 Å². The third kappa shape index (κ3) is 3.00. The van der Waals surface area contributed by atoms with E-state index < -0.39 is 7.12 Å². The van der Waals surface area contributed by atoms with Crippen molar-refractivity contribution in [3.8, 4) is 0 Å². The summed E-state index contributed by atoms with van der Waals surface area (Å²) in [5, 5.41) is 20.7. The third-order valence-corrected chi connectivity index (χ3v) is 2.45. The Morgan fingerprint density at radius 3 is 2.78 bits per heavy atom. The Hall–Kier alpha value is -2.05. The first-order chi connectivity index (χ1) is 8.66. The lowest BCUT2D eigenvalue weighted by atomic mass is 9.80. The molecule has 1 aromatic carbocycles. The lowest BCUT2D eigenvalue weighted by Gasteiger charge is -2.05. The lowest BCUT2D eigenvalue weighted by molar-refractivity contribution is 0.0923. The Morgan fingerprint density at radius 1 is 1.28 bits per heavy atom. The molecule has 0 spiro atoms. The van der Waals surface area contributed by atoms with E-state index in [1.807, 2.05) is 0 Å². The van der Waals surface area contributed by atoms with Crippen LogP contribution in [0, 0.1) is 0 Å². The van der Waals surface area contributed by atoms with Gasteiger partial charge in [0.1, 0.15) is 0 Å². The van der Waals surface area contributed by atoms with Gasteiger partial charge in [-0.3, -0.25) is 4.79 Å². The van der Waals surface area contributed by atoms with E-state index in [0.29, 0.717) is 12.0 Å². The van der Waals surface area contributed by atoms with E-state index in [-0.39, 0.29) is 11.7 Å². The van der Waals surface area contributed by atoms with Gasteiger partial charge < -0.3 is 19.8 Å². The number of furan rings is 1. The molecule has 5 nitrogen and oxygen atoms in total. The Morgan fingerprint density at radius 2 is 2.11 bits per heavy atom. The van der Waals surface area contributed by atoms with Crippen LogP contribution in [0.4, 0.5) is 0 Å². The summed E-state index contributed by atoms with van der Waals surface area (Å²) < 4.78 is 4.95. The van der Waals surface area contributed by atoms with E-state index >= 15 is 0 Å². The second-order valence-corrected chi connectivity index (χ2v) is 3.78. The first kappa shape index (κ1) is 12.4. The summed E-state index contributed by atoms with van der Waals surface area (Å²) in [7, 11) is -1.51. The second kappa shape index (κ2) is 5.53. The van der Waals surface area contributed by atoms with Gasteiger partial charge in [-0.2, -0.15) is 0 Å². The normalized spacial score (nSPS) is 10.1. The molecule has 3 N–H and O–H groups in total. The number of hydrogen-bond donors (Lipinski definition) is 3. The molecule has 6 heteroatoms. The largest absolute Gasteiger partial charge is 0.488 e. The number of benzene rings is 1. The maximum Gasteiger partial charge on any atom is 0.488 e. The fraction of sp³-hybridized carbons (Fsp3) is 0.0833. The van der Waals surface area contributed by atoms with Crippen molar-refractivity contribution in [1.29, 1.82) is 0 Å². The van der Waals surface area contributed by atoms with Crippen molar-refractivity contribution in [3.63, 3.8) is 0 Å². The van der Waals surface area contributed by atoms with E-state index in [2.05, 4.69) is 5.32 Å². The standard InChI is InChI=1S/C12H12BNO4/c15-12(11-5-2-6-18-11)14-8-9-3-1-4-10(7-9)13(16)17/h1-7,16-17H,8H2,(H,14,15). The van der Waals surface area contributed by atoms with Gasteiger partial charge in [-0.05, 0) is 23.2 Å². The molecule has 0 aliphatic carbocycles. The van der Waals surface area contributed by atoms with Gasteiger partial charge in [0.15, 0.2) is 5.76 Å². The second-order valence-electron chi connectivity index (χ2n) is 3.78. The first-order valence-corrected chi connectivity index (χ1v) is 5.43. The molecule has 0 aliphatic heterocycles. The monoisotopic (exact) mass is 245 g/mol. The summed E-state index contributed by atoms with van der Waals surface area (Å²) in [5.41, 5.74) is 1.17. The molecule has 0 atom stereocenters. The predicted molar refractivity (Wildman–Crippen MR) is 66.1 cm³/mol. The molecule has 1 aromatic heterocycles. The summed E-state index contributed by atoms with van der Waals surface area (Å²) in [6.45, 7) is 0.292. The van der Waals surface area contributed by atoms with Crippen LogP contribution in [0.2, 0.25) is 0 Å². The number of nitrogens with one attached hydrogen (secondary N) is 1. The fourth-order valence-corrected chi connectivity index (χ4v) is 1.54. The smallest absolute Gasteiger partial charge is 0.459 e. The van der Waals surface area contributed by atoms with Crippen LogP contribution in [0.25, 0.3) is 0 Å². The zero-order valence-corrected chi connectivity index (χ0v) is 9.54. The van der Waals surface area contributed by atoms with E-state index in [9.17, 15) is 4.79 Å². The average molecular weight is 245 g/mol. The molecule has 0 unspecified atom stereocenters. The van der Waals surface area contributed by atoms with Crippen LogP contribution >= 0.6 is 0 Å². The Bertz CT molecular complexity index is 525. The Labute approximate surface area is 104 Å². The molecule has 1 amide bonds. The van der Waals surface area contributed by atoms with E-state index in [1.165, 1.54) is 6.26 Å². The van der Waals surface area contributed by atoms with Crippen molar-refractivity contribution in [1.82, 2.24) is 5.32 Å². The van der Waals surface area contributed by atoms with Crippen LogP contribution in [-0.4, -0.2) is 23.1 Å². The van der Waals surface area contributed by atoms with Crippen molar-refractivity contribution >= 4 is 18.5 Å². The molecule has 0 saturated carbocycles. The van der Waals surface area contributed by atoms with Crippen molar-refractivity contribution in [3.05, 3.63) is 54.0 Å². The predicted octanol–water partition coefficient (Wildman–Crippen LogP) is -0.111. The quantitative estimate of drug-likeness (QED) is 0.656. The third-order valence-electron chi connectivity index (χ3n) is 2.45. The fourth-order valence-electron chi connectivity index (χ4n) is 1.54. The summed E-state index contributed by atoms with van der Waals surface area (Å²) in [6, 6.07) is 9.91. The van der Waals surface area contributed by atoms with Crippen molar-refractivity contribution in [2.75, 3.05) is 0 Å². The maximum absolute atomic E-state index is 11.6. The van der Waals surface area contributed by atoms with Crippen molar-refractivity contribution in [2.24, 2.45) is 0 Å². The first-order valence-electron chi connectivity index (χ1n) is 5.43. The highest BCUT2D eigenvalue weighted by molar-refractivity contribution is 6.58. The van der Waals surface area contributed by atoms with Gasteiger partial charge in [0.25, 0.3) is 5.91 Å². The van der Waals surface area contributed by atoms with E-state index in [1.54, 1.807) is 36.4 Å². The summed E-state index contributed by atoms with van der Waals surface area (Å²) >= 11 is 0. The molecule has 0 radical (unpaired) electrons. The van der Waals surface area contributed by atoms with Crippen LogP contribution in [0.15, 0.2) is 47.1 Å². The van der Waals surface area contributed by atoms with Crippen LogP contribution in [0.1, 0.15) is 16.1 Å². The minimum absolute atomic E-state index is 0.244. The molecule has 0 aliphatic rings. The van der Waals surface area contributed by atoms with Crippen LogP contribution < -0.4 is 10.8 Å². The number of hydrogen-bond acceptors (Lipinski definition) is 4. The van der Waals surface area contributed by atoms with Gasteiger partial charge in [-0.15, -0.1) is 0 Å². The number of carbonyl (C=O) groups is 1. The topological polar surface area (TPSA) is 82.7 Å². The highest BCUT2D eigenvalue weighted by Crippen LogP contribution is 2.01. The van der Waals surface area contributed by atoms with Crippen LogP contribution in [0.3, 0.4) is 0 Å². The van der Waals surface area contributed by atoms with Crippen molar-refractivity contribution < 1.29 is 19.3 Å². The van der Waals surface area contributed by atoms with Gasteiger partial charge in [0, 0.05) is 6.54 Å². The molecular weight excluding hydrogens is 233 g/mol. The highest BCUT2D eigenvalue weighted by Gasteiger charge is 2.11. The molecule has 2 aromatic rings. The molecule has 18 heavy (non-hydrogen) atoms. The van der Waals surface area contributed by atoms with Gasteiger partial charge in [0.05, 0.1) is 6.26 Å². The van der Waals surface area contributed by atoms with Gasteiger partial charge in [-0.25, -0.2) is 0 Å². The molecular formula is C12H12BNO4. The maximum atomic E-state index is 11.6. The Kier molecular flexibility index (Phi) is 3.81. The lowest BCUT2D eigenvalue weighted by Crippen LogP contribution is -2.30. The number of rotatable bonds is 4. The molecule has 0 saturated heterocycles. The average Bonchev–Trinajstić information content (AvgIpc) is 2.90. The number of carbonyl (C=O) groups excluding carboxylic acids is 1. The minimum atomic E-state index is -1.51. The minimum Gasteiger partial charge on any atom is -0.459 e. The molecule has 92 valence electrons. The molecule has 0 bridgehead atoms. The molecule has 0 fully saturated rings. The summed E-state index contributed by atoms with van der Waals surface area (Å²) in [6.07, 6.45) is 1.43. The Balaban J connectivity index is 1.98. The number of amides is 1. The summed E-state index contributed by atoms with van der Waals surface area (Å²) in [5.74, 6) is -0.0664. The zero-order chi connectivity index (χ0) is 13.0. The van der Waals surface area contributed by atoms with Crippen LogP contribution in [0.5, 0.6) is 0 Å². The van der Waals surface area contributed by atoms with E-state index in [0.717, 1.165) is 5.56 Å². The summed E-state index contributed by atoms with van der Waals surface area (Å²) in [4.78, 5) is 11.6. The highest BCUT2D eigenvalue weighted by atomic mass is 16.4. The zero-order valence-electron chi connectivity index (χ0n) is 9.54.